The molecule has 1 atom stereocenters. The van der Waals surface area contributed by atoms with Crippen molar-refractivity contribution < 1.29 is 20.2 Å². The molecule has 12 nitrogen and oxygen atoms in total. The van der Waals surface area contributed by atoms with E-state index in [0.717, 1.165) is 0 Å². The first-order valence-corrected chi connectivity index (χ1v) is 9.78. The Kier molecular flexibility index (Phi) is 9.33. The van der Waals surface area contributed by atoms with Gasteiger partial charge in [0.25, 0.3) is 0 Å². The molecule has 0 aliphatic heterocycles. The zero-order valence-electron chi connectivity index (χ0n) is 18.4. The van der Waals surface area contributed by atoms with Crippen LogP contribution in [0.15, 0.2) is 22.7 Å². The van der Waals surface area contributed by atoms with Gasteiger partial charge in [-0.2, -0.15) is 5.48 Å². The van der Waals surface area contributed by atoms with E-state index in [1.807, 2.05) is 27.7 Å². The molecule has 0 spiro atoms. The third kappa shape index (κ3) is 6.75. The molecule has 0 aromatic carbocycles. The average molecular weight is 428 g/mol. The summed E-state index contributed by atoms with van der Waals surface area (Å²) in [6, 6.07) is 0. The summed E-state index contributed by atoms with van der Waals surface area (Å²) >= 11 is 0. The van der Waals surface area contributed by atoms with Gasteiger partial charge in [0.2, 0.25) is 0 Å². The van der Waals surface area contributed by atoms with Crippen molar-refractivity contribution in [3.8, 4) is 0 Å². The van der Waals surface area contributed by atoms with E-state index in [0.29, 0.717) is 24.3 Å². The van der Waals surface area contributed by atoms with Gasteiger partial charge >= 0.3 is 5.95 Å². The van der Waals surface area contributed by atoms with Crippen molar-refractivity contribution in [1.82, 2.24) is 20.3 Å². The molecule has 12 heteroatoms. The molecule has 0 fully saturated rings. The number of nitrogens with one attached hydrogen (secondary N) is 2. The topological polar surface area (TPSA) is 159 Å². The van der Waals surface area contributed by atoms with Gasteiger partial charge in [-0.15, -0.1) is 0 Å². The molecule has 0 bridgehead atoms. The second kappa shape index (κ2) is 11.0. The van der Waals surface area contributed by atoms with Gasteiger partial charge in [-0.05, 0) is 45.5 Å². The maximum atomic E-state index is 11.2. The Hall–Kier alpha value is -2.57. The van der Waals surface area contributed by atoms with Gasteiger partial charge < -0.3 is 25.8 Å². The normalized spacial score (nSPS) is 14.7. The lowest BCUT2D eigenvalue weighted by molar-refractivity contribution is -0.397. The lowest BCUT2D eigenvalue weighted by Crippen LogP contribution is -2.53. The third-order valence-electron chi connectivity index (χ3n) is 4.86. The Morgan fingerprint density at radius 1 is 1.23 bits per heavy atom. The first-order valence-electron chi connectivity index (χ1n) is 9.78. The Bertz CT molecular complexity index is 722. The number of hydrogen-bond donors (Lipinski definition) is 4. The molecule has 0 saturated carbocycles. The number of nitrogens with zero attached hydrogens (tertiary/aromatic N) is 5. The lowest BCUT2D eigenvalue weighted by Gasteiger charge is -2.32. The third-order valence-corrected chi connectivity index (χ3v) is 4.86. The monoisotopic (exact) mass is 427 g/mol. The smallest absolute Gasteiger partial charge is 0.411 e. The summed E-state index contributed by atoms with van der Waals surface area (Å²) in [5.41, 5.74) is 2.56. The van der Waals surface area contributed by atoms with E-state index < -0.39 is 22.1 Å². The minimum absolute atomic E-state index is 0.137. The predicted octanol–water partition coefficient (Wildman–Crippen LogP) is 2.31. The van der Waals surface area contributed by atoms with Gasteiger partial charge in [0, 0.05) is 6.54 Å². The molecular weight excluding hydrogens is 394 g/mol. The fourth-order valence-electron chi connectivity index (χ4n) is 3.01. The number of oxime groups is 2. The highest BCUT2D eigenvalue weighted by molar-refractivity contribution is 5.92. The van der Waals surface area contributed by atoms with Crippen molar-refractivity contribution in [2.45, 2.75) is 78.1 Å². The van der Waals surface area contributed by atoms with Gasteiger partial charge in [-0.3, -0.25) is 4.84 Å². The van der Waals surface area contributed by atoms with Crippen LogP contribution in [-0.4, -0.2) is 60.0 Å². The van der Waals surface area contributed by atoms with Crippen molar-refractivity contribution in [1.29, 1.82) is 0 Å². The zero-order chi connectivity index (χ0) is 22.9. The molecular formula is C18H33N7O5. The van der Waals surface area contributed by atoms with E-state index in [2.05, 4.69) is 26.1 Å². The van der Waals surface area contributed by atoms with Crippen molar-refractivity contribution in [2.75, 3.05) is 6.54 Å². The van der Waals surface area contributed by atoms with Gasteiger partial charge in [-0.25, -0.2) is 4.57 Å². The highest BCUT2D eigenvalue weighted by Gasteiger charge is 2.30. The van der Waals surface area contributed by atoms with Crippen molar-refractivity contribution in [2.24, 2.45) is 10.3 Å². The summed E-state index contributed by atoms with van der Waals surface area (Å²) in [5, 5.41) is 39.6. The molecule has 0 saturated heterocycles. The van der Waals surface area contributed by atoms with E-state index in [9.17, 15) is 20.5 Å². The Labute approximate surface area is 176 Å². The second-order valence-electron chi connectivity index (χ2n) is 7.91. The summed E-state index contributed by atoms with van der Waals surface area (Å²) in [6.45, 7) is 11.5. The van der Waals surface area contributed by atoms with E-state index >= 15 is 0 Å². The van der Waals surface area contributed by atoms with E-state index in [-0.39, 0.29) is 19.0 Å². The molecule has 1 rings (SSSR count). The number of hydrogen-bond acceptors (Lipinski definition) is 10. The van der Waals surface area contributed by atoms with Crippen LogP contribution in [0.25, 0.3) is 0 Å². The molecule has 30 heavy (non-hydrogen) atoms. The summed E-state index contributed by atoms with van der Waals surface area (Å²) in [4.78, 5) is 20.3. The van der Waals surface area contributed by atoms with Gasteiger partial charge in [0.1, 0.15) is 25.0 Å². The molecule has 0 amide bonds. The maximum Gasteiger partial charge on any atom is 0.434 e. The van der Waals surface area contributed by atoms with E-state index in [4.69, 9.17) is 4.84 Å². The van der Waals surface area contributed by atoms with Crippen LogP contribution in [0.2, 0.25) is 0 Å². The Morgan fingerprint density at radius 3 is 2.30 bits per heavy atom. The van der Waals surface area contributed by atoms with Crippen LogP contribution in [0, 0.1) is 10.1 Å². The summed E-state index contributed by atoms with van der Waals surface area (Å²) in [6.07, 6.45) is 3.35. The molecule has 1 aromatic heterocycles. The molecule has 4 N–H and O–H groups in total. The molecule has 170 valence electrons. The molecule has 0 aliphatic carbocycles. The van der Waals surface area contributed by atoms with Crippen LogP contribution in [0.1, 0.15) is 54.4 Å². The van der Waals surface area contributed by atoms with E-state index in [1.165, 1.54) is 17.0 Å². The molecule has 1 heterocycles. The van der Waals surface area contributed by atoms with Crippen LogP contribution in [0.5, 0.6) is 0 Å². The lowest BCUT2D eigenvalue weighted by atomic mass is 9.96. The Balaban J connectivity index is 3.01. The number of nitro groups is 1. The van der Waals surface area contributed by atoms with E-state index in [1.54, 1.807) is 13.8 Å². The molecule has 0 aliphatic rings. The Morgan fingerprint density at radius 2 is 1.80 bits per heavy atom. The SMILES string of the molecule is CC/C(=N\O)C(C)(C)NCC(Cn1ccnc1[N+](=O)[O-])ONC(C)(C)/C(CC)=N/O. The van der Waals surface area contributed by atoms with Gasteiger partial charge in [0.05, 0.1) is 22.5 Å². The van der Waals surface area contributed by atoms with Crippen LogP contribution >= 0.6 is 0 Å². The minimum atomic E-state index is -0.765. The van der Waals surface area contributed by atoms with Gasteiger partial charge in [-0.1, -0.05) is 29.1 Å². The number of imidazole rings is 1. The molecule has 0 radical (unpaired) electrons. The van der Waals surface area contributed by atoms with Crippen molar-refractivity contribution in [3.63, 3.8) is 0 Å². The van der Waals surface area contributed by atoms with Crippen LogP contribution in [-0.2, 0) is 11.4 Å². The molecule has 1 aromatic rings. The largest absolute Gasteiger partial charge is 0.434 e. The average Bonchev–Trinajstić information content (AvgIpc) is 3.14. The summed E-state index contributed by atoms with van der Waals surface area (Å²) in [5.74, 6) is -0.292. The maximum absolute atomic E-state index is 11.2. The standard InChI is InChI=1S/C18H33N7O5/c1-7-14(21-26)17(3,4)20-11-13(12-24-10-9-19-16(24)25(28)29)30-23-18(5,6)15(8-2)22-27/h9-10,13,20,23,26-27H,7-8,11-12H2,1-6H3/b21-14+,22-15+. The second-order valence-corrected chi connectivity index (χ2v) is 7.91. The van der Waals surface area contributed by atoms with Crippen LogP contribution in [0.4, 0.5) is 5.95 Å². The highest BCUT2D eigenvalue weighted by atomic mass is 16.7. The quantitative estimate of drug-likeness (QED) is 0.161. The first-order chi connectivity index (χ1) is 14.0. The summed E-state index contributed by atoms with van der Waals surface area (Å²) < 4.78 is 1.38. The number of hydroxylamine groups is 1. The van der Waals surface area contributed by atoms with Crippen molar-refractivity contribution >= 4 is 17.4 Å². The van der Waals surface area contributed by atoms with Crippen molar-refractivity contribution in [3.05, 3.63) is 22.5 Å². The number of aromatic nitrogens is 2. The van der Waals surface area contributed by atoms with Crippen LogP contribution < -0.4 is 10.8 Å². The molecule has 1 unspecified atom stereocenters. The van der Waals surface area contributed by atoms with Gasteiger partial charge in [0.15, 0.2) is 0 Å². The fraction of sp³-hybridized carbons (Fsp3) is 0.722. The predicted molar refractivity (Wildman–Crippen MR) is 112 cm³/mol. The zero-order valence-corrected chi connectivity index (χ0v) is 18.4. The number of rotatable bonds is 13. The highest BCUT2D eigenvalue weighted by Crippen LogP contribution is 2.14. The van der Waals surface area contributed by atoms with Crippen LogP contribution in [0.3, 0.4) is 0 Å². The minimum Gasteiger partial charge on any atom is -0.411 e. The summed E-state index contributed by atoms with van der Waals surface area (Å²) in [7, 11) is 0. The first kappa shape index (κ1) is 25.5. The fourth-order valence-corrected chi connectivity index (χ4v) is 3.01.